The van der Waals surface area contributed by atoms with Gasteiger partial charge in [0.1, 0.15) is 11.7 Å². The summed E-state index contributed by atoms with van der Waals surface area (Å²) < 4.78 is 63.9. The van der Waals surface area contributed by atoms with Crippen LogP contribution in [0.5, 0.6) is 0 Å². The van der Waals surface area contributed by atoms with Crippen molar-refractivity contribution in [1.82, 2.24) is 19.4 Å². The number of carbonyl (C=O) groups excluding carboxylic acids is 1. The van der Waals surface area contributed by atoms with E-state index in [1.807, 2.05) is 31.1 Å². The minimum atomic E-state index is -4.00. The maximum atomic E-state index is 14.4. The number of piperazine rings is 1. The lowest BCUT2D eigenvalue weighted by Crippen LogP contribution is -2.50. The van der Waals surface area contributed by atoms with Crippen LogP contribution in [-0.2, 0) is 19.6 Å². The zero-order valence-corrected chi connectivity index (χ0v) is 29.5. The number of hydrogen-bond donors (Lipinski definition) is 0. The second kappa shape index (κ2) is 12.6. The average Bonchev–Trinajstić information content (AvgIpc) is 3.33. The van der Waals surface area contributed by atoms with E-state index in [0.717, 1.165) is 40.6 Å². The minimum Gasteiger partial charge on any atom is -0.367 e. The fraction of sp³-hybridized carbons (Fsp3) is 0.621. The van der Waals surface area contributed by atoms with E-state index in [-0.39, 0.29) is 28.5 Å². The molecule has 1 amide bonds. The molecule has 2 fully saturated rings. The number of sulfonamides is 1. The van der Waals surface area contributed by atoms with Gasteiger partial charge in [0.15, 0.2) is 5.01 Å². The van der Waals surface area contributed by atoms with Crippen molar-refractivity contribution in [3.05, 3.63) is 22.5 Å². The third-order valence-corrected chi connectivity index (χ3v) is 13.9. The summed E-state index contributed by atoms with van der Waals surface area (Å²) in [5.74, 6) is -0.00700. The Morgan fingerprint density at radius 2 is 1.82 bits per heavy atom. The molecular formula is C29H41F2N5O4S3Si. The fourth-order valence-electron chi connectivity index (χ4n) is 5.21. The Hall–Kier alpha value is -2.04. The van der Waals surface area contributed by atoms with Gasteiger partial charge < -0.3 is 14.5 Å². The smallest absolute Gasteiger partial charge is 0.291 e. The van der Waals surface area contributed by atoms with Gasteiger partial charge in [0, 0.05) is 68.6 Å². The lowest BCUT2D eigenvalue weighted by molar-refractivity contribution is -0.134. The van der Waals surface area contributed by atoms with Crippen molar-refractivity contribution < 1.29 is 26.7 Å². The first-order valence-corrected chi connectivity index (χ1v) is 21.8. The molecule has 3 heterocycles. The van der Waals surface area contributed by atoms with Crippen LogP contribution in [0.2, 0.25) is 25.7 Å². The Bertz CT molecular complexity index is 1610. The van der Waals surface area contributed by atoms with Crippen molar-refractivity contribution in [1.29, 1.82) is 0 Å². The number of halogens is 2. The van der Waals surface area contributed by atoms with E-state index >= 15 is 0 Å². The van der Waals surface area contributed by atoms with Crippen molar-refractivity contribution >= 4 is 62.5 Å². The molecule has 0 atom stereocenters. The predicted octanol–water partition coefficient (Wildman–Crippen LogP) is 6.52. The molecule has 5 rings (SSSR count). The van der Waals surface area contributed by atoms with Gasteiger partial charge in [-0.25, -0.2) is 17.2 Å². The highest BCUT2D eigenvalue weighted by Crippen LogP contribution is 2.47. The van der Waals surface area contributed by atoms with Crippen molar-refractivity contribution in [2.45, 2.75) is 76.2 Å². The number of nitrogens with zero attached hydrogens (tertiary/aromatic N) is 5. The molecular weight excluding hydrogens is 645 g/mol. The van der Waals surface area contributed by atoms with E-state index in [1.165, 1.54) is 15.6 Å². The molecule has 44 heavy (non-hydrogen) atoms. The van der Waals surface area contributed by atoms with Crippen LogP contribution in [0.25, 0.3) is 20.7 Å². The number of carbonyl (C=O) groups is 1. The second-order valence-corrected chi connectivity index (χ2v) is 22.8. The zero-order chi connectivity index (χ0) is 32.0. The molecule has 1 aromatic carbocycles. The van der Waals surface area contributed by atoms with Crippen LogP contribution in [0.1, 0.15) is 45.0 Å². The quantitative estimate of drug-likeness (QED) is 0.122. The molecule has 3 aromatic rings. The Morgan fingerprint density at radius 1 is 1.14 bits per heavy atom. The van der Waals surface area contributed by atoms with Gasteiger partial charge in [-0.3, -0.25) is 4.79 Å². The van der Waals surface area contributed by atoms with E-state index in [1.54, 1.807) is 12.1 Å². The van der Waals surface area contributed by atoms with Gasteiger partial charge in [-0.05, 0) is 37.9 Å². The number of fused-ring (bicyclic) bond motifs is 1. The first-order valence-electron chi connectivity index (χ1n) is 14.9. The third-order valence-electron chi connectivity index (χ3n) is 8.28. The minimum absolute atomic E-state index is 0.0304. The Labute approximate surface area is 267 Å². The van der Waals surface area contributed by atoms with Crippen LogP contribution in [0.3, 0.4) is 0 Å². The molecule has 1 aliphatic carbocycles. The highest BCUT2D eigenvalue weighted by atomic mass is 32.2. The maximum Gasteiger partial charge on any atom is 0.291 e. The van der Waals surface area contributed by atoms with Crippen molar-refractivity contribution in [2.75, 3.05) is 44.4 Å². The monoisotopic (exact) mass is 685 g/mol. The normalized spacial score (nSPS) is 17.4. The van der Waals surface area contributed by atoms with E-state index in [2.05, 4.69) is 34.7 Å². The third kappa shape index (κ3) is 7.02. The van der Waals surface area contributed by atoms with Crippen LogP contribution >= 0.6 is 22.7 Å². The fourth-order valence-corrected chi connectivity index (χ4v) is 9.60. The van der Waals surface area contributed by atoms with Crippen LogP contribution in [0.15, 0.2) is 22.4 Å². The molecule has 2 aromatic heterocycles. The summed E-state index contributed by atoms with van der Waals surface area (Å²) in [6.45, 7) is 15.1. The molecule has 0 spiro atoms. The van der Waals surface area contributed by atoms with Gasteiger partial charge in [-0.2, -0.15) is 4.31 Å². The SMILES string of the molecule is CC(C)C(=O)N1CCN(c2cc(S(=O)(=O)N(COCC[Si](C)(C)C)C3(C)CC3)cc3c(-c4nnc(C(F)F)s4)csc23)CC1. The molecule has 242 valence electrons. The summed E-state index contributed by atoms with van der Waals surface area (Å²) in [7, 11) is -5.37. The zero-order valence-electron chi connectivity index (χ0n) is 26.1. The Balaban J connectivity index is 1.55. The number of aromatic nitrogens is 2. The van der Waals surface area contributed by atoms with Crippen LogP contribution in [0.4, 0.5) is 14.5 Å². The van der Waals surface area contributed by atoms with E-state index in [9.17, 15) is 22.0 Å². The predicted molar refractivity (Wildman–Crippen MR) is 175 cm³/mol. The molecule has 2 aliphatic rings. The number of hydrogen-bond acceptors (Lipinski definition) is 9. The molecule has 1 saturated carbocycles. The van der Waals surface area contributed by atoms with Crippen LogP contribution in [0, 0.1) is 5.92 Å². The van der Waals surface area contributed by atoms with Crippen molar-refractivity contribution in [3.63, 3.8) is 0 Å². The number of amides is 1. The summed E-state index contributed by atoms with van der Waals surface area (Å²) in [5, 5.41) is 10.1. The summed E-state index contributed by atoms with van der Waals surface area (Å²) in [6.07, 6.45) is -1.25. The molecule has 1 aliphatic heterocycles. The number of anilines is 1. The molecule has 15 heteroatoms. The topological polar surface area (TPSA) is 95.9 Å². The number of alkyl halides is 2. The number of thiophene rings is 1. The standard InChI is InChI=1S/C29H41F2N5O4S3Si/c1-19(2)28(37)35-11-9-34(10-12-35)23-16-20(15-21-22(17-41-24(21)23)26-32-33-27(42-26)25(30)31)43(38,39)36(29(3)7-8-29)18-40-13-14-44(4,5)6/h15-17,19,25H,7-14,18H2,1-6H3. The second-order valence-electron chi connectivity index (χ2n) is 13.4. The summed E-state index contributed by atoms with van der Waals surface area (Å²) in [4.78, 5) is 16.7. The number of ether oxygens (including phenoxy) is 1. The van der Waals surface area contributed by atoms with Gasteiger partial charge in [0.25, 0.3) is 6.43 Å². The summed E-state index contributed by atoms with van der Waals surface area (Å²) >= 11 is 2.23. The molecule has 0 radical (unpaired) electrons. The van der Waals surface area contributed by atoms with E-state index in [4.69, 9.17) is 4.74 Å². The van der Waals surface area contributed by atoms with Gasteiger partial charge >= 0.3 is 0 Å². The maximum absolute atomic E-state index is 14.4. The average molecular weight is 686 g/mol. The Morgan fingerprint density at radius 3 is 2.39 bits per heavy atom. The first-order chi connectivity index (χ1) is 20.6. The molecule has 0 bridgehead atoms. The van der Waals surface area contributed by atoms with E-state index < -0.39 is 30.1 Å². The van der Waals surface area contributed by atoms with Crippen LogP contribution in [-0.4, -0.2) is 86.9 Å². The first kappa shape index (κ1) is 33.3. The van der Waals surface area contributed by atoms with Gasteiger partial charge in [-0.15, -0.1) is 21.5 Å². The number of rotatable bonds is 12. The summed E-state index contributed by atoms with van der Waals surface area (Å²) in [5.41, 5.74) is 0.795. The number of benzene rings is 1. The van der Waals surface area contributed by atoms with E-state index in [0.29, 0.717) is 48.7 Å². The lowest BCUT2D eigenvalue weighted by atomic mass is 10.1. The van der Waals surface area contributed by atoms with Crippen molar-refractivity contribution in [2.24, 2.45) is 5.92 Å². The lowest BCUT2D eigenvalue weighted by Gasteiger charge is -2.37. The highest BCUT2D eigenvalue weighted by Gasteiger charge is 2.49. The molecule has 0 unspecified atom stereocenters. The largest absolute Gasteiger partial charge is 0.367 e. The van der Waals surface area contributed by atoms with Gasteiger partial charge in [0.05, 0.1) is 15.3 Å². The molecule has 9 nitrogen and oxygen atoms in total. The summed E-state index contributed by atoms with van der Waals surface area (Å²) in [6, 6.07) is 4.30. The molecule has 0 N–H and O–H groups in total. The van der Waals surface area contributed by atoms with Gasteiger partial charge in [-0.1, -0.05) is 44.8 Å². The van der Waals surface area contributed by atoms with Crippen molar-refractivity contribution in [3.8, 4) is 10.6 Å². The van der Waals surface area contributed by atoms with Crippen LogP contribution < -0.4 is 4.90 Å². The molecule has 1 saturated heterocycles. The Kier molecular flexibility index (Phi) is 9.56. The highest BCUT2D eigenvalue weighted by molar-refractivity contribution is 7.89. The van der Waals surface area contributed by atoms with Gasteiger partial charge in [0.2, 0.25) is 15.9 Å².